The van der Waals surface area contributed by atoms with Crippen molar-refractivity contribution in [1.82, 2.24) is 19.5 Å². The molecule has 35 heavy (non-hydrogen) atoms. The normalized spacial score (nSPS) is 11.9. The molecule has 8 nitrogen and oxygen atoms in total. The highest BCUT2D eigenvalue weighted by molar-refractivity contribution is 7.99. The van der Waals surface area contributed by atoms with Gasteiger partial charge in [-0.25, -0.2) is 9.97 Å². The van der Waals surface area contributed by atoms with E-state index in [4.69, 9.17) is 4.74 Å². The lowest BCUT2D eigenvalue weighted by Crippen LogP contribution is -2.22. The first-order valence-corrected chi connectivity index (χ1v) is 11.6. The Labute approximate surface area is 204 Å². The topological polar surface area (TPSA) is 117 Å². The summed E-state index contributed by atoms with van der Waals surface area (Å²) in [6, 6.07) is 23.6. The number of ether oxygens (including phenoxy) is 1. The zero-order chi connectivity index (χ0) is 24.4. The monoisotopic (exact) mass is 481 g/mol. The van der Waals surface area contributed by atoms with Crippen molar-refractivity contribution in [3.63, 3.8) is 0 Å². The number of thioether (sulfide) groups is 1. The first-order chi connectivity index (χ1) is 17.1. The number of nitrogens with one attached hydrogen (secondary N) is 1. The molecule has 0 atom stereocenters. The Hall–Kier alpha value is -4.55. The summed E-state index contributed by atoms with van der Waals surface area (Å²) >= 11 is 1.15. The Morgan fingerprint density at radius 2 is 1.86 bits per heavy atom. The van der Waals surface area contributed by atoms with Gasteiger partial charge >= 0.3 is 0 Å². The zero-order valence-corrected chi connectivity index (χ0v) is 19.4. The van der Waals surface area contributed by atoms with Crippen molar-refractivity contribution in [2.75, 3.05) is 12.9 Å². The molecular weight excluding hydrogens is 462 g/mol. The molecule has 0 bridgehead atoms. The van der Waals surface area contributed by atoms with Gasteiger partial charge in [-0.1, -0.05) is 42.1 Å². The quantitative estimate of drug-likeness (QED) is 0.154. The summed E-state index contributed by atoms with van der Waals surface area (Å²) in [6.45, 7) is 0. The second kappa shape index (κ2) is 9.37. The van der Waals surface area contributed by atoms with Crippen LogP contribution in [0.25, 0.3) is 33.2 Å². The summed E-state index contributed by atoms with van der Waals surface area (Å²) in [6.07, 6.45) is 0. The van der Waals surface area contributed by atoms with Crippen LogP contribution in [-0.2, 0) is 0 Å². The molecule has 172 valence electrons. The molecule has 5 aromatic rings. The van der Waals surface area contributed by atoms with Crippen molar-refractivity contribution in [3.05, 3.63) is 94.7 Å². The van der Waals surface area contributed by atoms with Gasteiger partial charge in [0, 0.05) is 6.07 Å². The second-order valence-electron chi connectivity index (χ2n) is 7.58. The molecule has 0 unspecified atom stereocenters. The van der Waals surface area contributed by atoms with Crippen molar-refractivity contribution >= 4 is 39.3 Å². The van der Waals surface area contributed by atoms with Crippen molar-refractivity contribution in [2.45, 2.75) is 5.16 Å². The Morgan fingerprint density at radius 3 is 2.63 bits per heavy atom. The fourth-order valence-corrected chi connectivity index (χ4v) is 4.61. The van der Waals surface area contributed by atoms with Crippen molar-refractivity contribution < 1.29 is 9.84 Å². The summed E-state index contributed by atoms with van der Waals surface area (Å²) < 4.78 is 6.81. The molecule has 3 aromatic carbocycles. The average molecular weight is 482 g/mol. The number of aliphatic hydroxyl groups is 1. The Bertz CT molecular complexity index is 1660. The molecule has 0 aliphatic carbocycles. The number of rotatable bonds is 6. The zero-order valence-electron chi connectivity index (χ0n) is 18.6. The van der Waals surface area contributed by atoms with E-state index in [1.165, 1.54) is 4.57 Å². The van der Waals surface area contributed by atoms with E-state index in [9.17, 15) is 15.2 Å². The molecule has 2 heterocycles. The summed E-state index contributed by atoms with van der Waals surface area (Å²) in [5, 5.41) is 21.4. The van der Waals surface area contributed by atoms with Crippen LogP contribution >= 0.6 is 11.8 Å². The lowest BCUT2D eigenvalue weighted by atomic mass is 10.2. The van der Waals surface area contributed by atoms with Crippen LogP contribution in [0.15, 0.2) is 88.5 Å². The number of allylic oxidation sites excluding steroid dienone is 1. The molecule has 9 heteroatoms. The van der Waals surface area contributed by atoms with E-state index >= 15 is 0 Å². The van der Waals surface area contributed by atoms with E-state index in [1.807, 2.05) is 36.4 Å². The summed E-state index contributed by atoms with van der Waals surface area (Å²) in [5.74, 6) is 0.715. The number of methoxy groups -OCH3 is 1. The molecule has 0 amide bonds. The SMILES string of the molecule is COc1cccc(-n2c(SC/C(O)=C(\C#N)c3nc4ccccc4[nH]3)nc3ccccc3c2=O)c1. The predicted molar refractivity (Wildman–Crippen MR) is 136 cm³/mol. The van der Waals surface area contributed by atoms with Crippen molar-refractivity contribution in [2.24, 2.45) is 0 Å². The Balaban J connectivity index is 1.57. The molecule has 2 N–H and O–H groups in total. The molecule has 2 aromatic heterocycles. The number of hydrogen-bond acceptors (Lipinski definition) is 7. The molecule has 0 spiro atoms. The third-order valence-corrected chi connectivity index (χ3v) is 6.37. The van der Waals surface area contributed by atoms with E-state index in [-0.39, 0.29) is 28.5 Å². The predicted octanol–water partition coefficient (Wildman–Crippen LogP) is 4.86. The van der Waals surface area contributed by atoms with Crippen LogP contribution in [-0.4, -0.2) is 37.5 Å². The summed E-state index contributed by atoms with van der Waals surface area (Å²) in [7, 11) is 1.56. The van der Waals surface area contributed by atoms with Gasteiger partial charge in [0.15, 0.2) is 11.0 Å². The maximum atomic E-state index is 13.4. The number of nitriles is 1. The molecule has 5 rings (SSSR count). The van der Waals surface area contributed by atoms with Gasteiger partial charge in [-0.05, 0) is 36.4 Å². The van der Waals surface area contributed by atoms with E-state index in [1.54, 1.807) is 49.6 Å². The minimum Gasteiger partial charge on any atom is -0.510 e. The van der Waals surface area contributed by atoms with Crippen LogP contribution in [0.1, 0.15) is 5.82 Å². The molecule has 0 aliphatic rings. The first kappa shape index (κ1) is 22.3. The number of fused-ring (bicyclic) bond motifs is 2. The molecule has 0 saturated heterocycles. The van der Waals surface area contributed by atoms with Gasteiger partial charge in [0.2, 0.25) is 0 Å². The standard InChI is InChI=1S/C26H19N5O3S/c1-34-17-8-6-7-16(13-17)31-25(33)18-9-2-3-10-20(18)30-26(31)35-15-23(32)19(14-27)24-28-21-11-4-5-12-22(21)29-24/h2-13,32H,15H2,1H3,(H,28,29)/b23-19-. The highest BCUT2D eigenvalue weighted by atomic mass is 32.2. The van der Waals surface area contributed by atoms with Crippen molar-refractivity contribution in [1.29, 1.82) is 5.26 Å². The van der Waals surface area contributed by atoms with E-state index < -0.39 is 0 Å². The summed E-state index contributed by atoms with van der Waals surface area (Å²) in [5.41, 5.74) is 2.37. The number of imidazole rings is 1. The largest absolute Gasteiger partial charge is 0.510 e. The van der Waals surface area contributed by atoms with Gasteiger partial charge < -0.3 is 14.8 Å². The number of aliphatic hydroxyl groups excluding tert-OH is 1. The molecule has 0 radical (unpaired) electrons. The van der Waals surface area contributed by atoms with E-state index in [2.05, 4.69) is 15.0 Å². The highest BCUT2D eigenvalue weighted by Crippen LogP contribution is 2.27. The lowest BCUT2D eigenvalue weighted by molar-refractivity contribution is 0.414. The number of nitrogens with zero attached hydrogens (tertiary/aromatic N) is 4. The fraction of sp³-hybridized carbons (Fsp3) is 0.0769. The average Bonchev–Trinajstić information content (AvgIpc) is 3.31. The van der Waals surface area contributed by atoms with Crippen LogP contribution < -0.4 is 10.3 Å². The molecule has 0 aliphatic heterocycles. The van der Waals surface area contributed by atoms with Crippen LogP contribution in [0.2, 0.25) is 0 Å². The number of hydrogen-bond donors (Lipinski definition) is 2. The second-order valence-corrected chi connectivity index (χ2v) is 8.52. The Morgan fingerprint density at radius 1 is 1.09 bits per heavy atom. The van der Waals surface area contributed by atoms with Crippen molar-refractivity contribution in [3.8, 4) is 17.5 Å². The Kier molecular flexibility index (Phi) is 5.95. The lowest BCUT2D eigenvalue weighted by Gasteiger charge is -2.14. The third-order valence-electron chi connectivity index (χ3n) is 5.42. The number of H-pyrrole nitrogens is 1. The van der Waals surface area contributed by atoms with E-state index in [0.29, 0.717) is 33.0 Å². The first-order valence-electron chi connectivity index (χ1n) is 10.7. The number of benzene rings is 3. The smallest absolute Gasteiger partial charge is 0.266 e. The van der Waals surface area contributed by atoms with Gasteiger partial charge in [-0.2, -0.15) is 5.26 Å². The van der Waals surface area contributed by atoms with Gasteiger partial charge in [0.25, 0.3) is 5.56 Å². The molecule has 0 saturated carbocycles. The molecular formula is C26H19N5O3S. The number of para-hydroxylation sites is 3. The highest BCUT2D eigenvalue weighted by Gasteiger charge is 2.17. The number of aromatic nitrogens is 4. The van der Waals surface area contributed by atoms with Gasteiger partial charge in [-0.15, -0.1) is 0 Å². The summed E-state index contributed by atoms with van der Waals surface area (Å²) in [4.78, 5) is 25.6. The minimum absolute atomic E-state index is 0.00862. The van der Waals surface area contributed by atoms with Crippen LogP contribution in [0.5, 0.6) is 5.75 Å². The fourth-order valence-electron chi connectivity index (χ4n) is 3.72. The van der Waals surface area contributed by atoms with Crippen LogP contribution in [0.4, 0.5) is 0 Å². The van der Waals surface area contributed by atoms with Gasteiger partial charge in [0.1, 0.15) is 23.2 Å². The molecule has 0 fully saturated rings. The van der Waals surface area contributed by atoms with Gasteiger partial charge in [-0.3, -0.25) is 9.36 Å². The van der Waals surface area contributed by atoms with Crippen LogP contribution in [0.3, 0.4) is 0 Å². The number of aromatic amines is 1. The maximum Gasteiger partial charge on any atom is 0.266 e. The third kappa shape index (κ3) is 4.23. The van der Waals surface area contributed by atoms with Crippen LogP contribution in [0, 0.1) is 11.3 Å². The minimum atomic E-state index is -0.243. The van der Waals surface area contributed by atoms with Gasteiger partial charge in [0.05, 0.1) is 40.5 Å². The van der Waals surface area contributed by atoms with E-state index in [0.717, 1.165) is 17.3 Å². The maximum absolute atomic E-state index is 13.4.